The minimum Gasteiger partial charge on any atom is -0.499 e. The Morgan fingerprint density at radius 2 is 2.11 bits per heavy atom. The highest BCUT2D eigenvalue weighted by atomic mass is 16.5. The minimum absolute atomic E-state index is 0.0704. The second-order valence-corrected chi connectivity index (χ2v) is 4.75. The zero-order chi connectivity index (χ0) is 13.0. The van der Waals surface area contributed by atoms with Crippen LogP contribution in [0.15, 0.2) is 42.7 Å². The quantitative estimate of drug-likeness (QED) is 0.755. The number of carbonyl (C=O) groups is 1. The average Bonchev–Trinajstić information content (AvgIpc) is 2.39. The van der Waals surface area contributed by atoms with Crippen LogP contribution in [0.1, 0.15) is 37.7 Å². The topological polar surface area (TPSA) is 26.3 Å². The van der Waals surface area contributed by atoms with Crippen LogP contribution >= 0.6 is 0 Å². The zero-order valence-corrected chi connectivity index (χ0v) is 10.9. The van der Waals surface area contributed by atoms with Crippen molar-refractivity contribution in [3.63, 3.8) is 0 Å². The van der Waals surface area contributed by atoms with Gasteiger partial charge in [-0.2, -0.15) is 0 Å². The Kier molecular flexibility index (Phi) is 4.19. The van der Waals surface area contributed by atoms with Gasteiger partial charge in [0.1, 0.15) is 5.78 Å². The molecule has 1 aromatic rings. The molecule has 1 saturated carbocycles. The lowest BCUT2D eigenvalue weighted by atomic mass is 9.74. The van der Waals surface area contributed by atoms with Crippen LogP contribution in [-0.2, 0) is 9.53 Å². The summed E-state index contributed by atoms with van der Waals surface area (Å²) in [4.78, 5) is 12.2. The Morgan fingerprint density at radius 3 is 2.78 bits per heavy atom. The highest BCUT2D eigenvalue weighted by molar-refractivity contribution is 5.87. The standard InChI is InChI=1S/C16H20O2/c1-3-18-12(2)14-10-7-11-15(17)16(14)13-8-5-4-6-9-13/h4-6,8-9,14,16H,2-3,7,10-11H2,1H3/t14-,16-/m1/s1. The summed E-state index contributed by atoms with van der Waals surface area (Å²) in [5, 5.41) is 0. The van der Waals surface area contributed by atoms with E-state index >= 15 is 0 Å². The fraction of sp³-hybridized carbons (Fsp3) is 0.438. The lowest BCUT2D eigenvalue weighted by molar-refractivity contribution is -0.123. The third kappa shape index (κ3) is 2.63. The van der Waals surface area contributed by atoms with Gasteiger partial charge < -0.3 is 4.74 Å². The van der Waals surface area contributed by atoms with Gasteiger partial charge in [-0.3, -0.25) is 4.79 Å². The summed E-state index contributed by atoms with van der Waals surface area (Å²) >= 11 is 0. The van der Waals surface area contributed by atoms with E-state index < -0.39 is 0 Å². The van der Waals surface area contributed by atoms with Crippen molar-refractivity contribution < 1.29 is 9.53 Å². The first kappa shape index (κ1) is 12.9. The number of carbonyl (C=O) groups excluding carboxylic acids is 1. The monoisotopic (exact) mass is 244 g/mol. The van der Waals surface area contributed by atoms with Crippen LogP contribution in [0.4, 0.5) is 0 Å². The Balaban J connectivity index is 2.26. The van der Waals surface area contributed by atoms with Gasteiger partial charge in [-0.05, 0) is 25.3 Å². The van der Waals surface area contributed by atoms with Gasteiger partial charge in [-0.25, -0.2) is 0 Å². The van der Waals surface area contributed by atoms with Gasteiger partial charge in [-0.1, -0.05) is 36.9 Å². The number of allylic oxidation sites excluding steroid dienone is 1. The molecule has 0 saturated heterocycles. The molecule has 0 N–H and O–H groups in total. The van der Waals surface area contributed by atoms with Crippen LogP contribution in [-0.4, -0.2) is 12.4 Å². The van der Waals surface area contributed by atoms with Crippen molar-refractivity contribution in [3.05, 3.63) is 48.2 Å². The van der Waals surface area contributed by atoms with Crippen molar-refractivity contribution >= 4 is 5.78 Å². The fourth-order valence-electron chi connectivity index (χ4n) is 2.76. The van der Waals surface area contributed by atoms with E-state index in [2.05, 4.69) is 6.58 Å². The van der Waals surface area contributed by atoms with Gasteiger partial charge >= 0.3 is 0 Å². The normalized spacial score (nSPS) is 23.7. The van der Waals surface area contributed by atoms with E-state index in [-0.39, 0.29) is 11.8 Å². The largest absolute Gasteiger partial charge is 0.499 e. The molecule has 0 radical (unpaired) electrons. The summed E-state index contributed by atoms with van der Waals surface area (Å²) in [5.74, 6) is 1.14. The first-order valence-corrected chi connectivity index (χ1v) is 6.63. The maximum Gasteiger partial charge on any atom is 0.141 e. The molecule has 96 valence electrons. The van der Waals surface area contributed by atoms with Gasteiger partial charge in [0, 0.05) is 12.3 Å². The summed E-state index contributed by atoms with van der Waals surface area (Å²) in [6.07, 6.45) is 2.61. The molecule has 1 aromatic carbocycles. The molecular weight excluding hydrogens is 224 g/mol. The van der Waals surface area contributed by atoms with E-state index in [0.29, 0.717) is 18.8 Å². The number of benzene rings is 1. The van der Waals surface area contributed by atoms with Gasteiger partial charge in [-0.15, -0.1) is 0 Å². The Bertz CT molecular complexity index is 422. The first-order valence-electron chi connectivity index (χ1n) is 6.63. The maximum atomic E-state index is 12.2. The molecule has 1 aliphatic rings. The molecule has 0 heterocycles. The number of rotatable bonds is 4. The molecule has 2 nitrogen and oxygen atoms in total. The molecule has 0 spiro atoms. The summed E-state index contributed by atoms with van der Waals surface area (Å²) in [5.41, 5.74) is 1.09. The molecule has 0 aliphatic heterocycles. The highest BCUT2D eigenvalue weighted by Gasteiger charge is 2.35. The molecule has 2 heteroatoms. The molecule has 0 amide bonds. The summed E-state index contributed by atoms with van der Waals surface area (Å²) in [6, 6.07) is 10.00. The zero-order valence-electron chi connectivity index (χ0n) is 10.9. The molecule has 1 fully saturated rings. The lowest BCUT2D eigenvalue weighted by Crippen LogP contribution is -2.28. The van der Waals surface area contributed by atoms with Crippen LogP contribution in [0.25, 0.3) is 0 Å². The second kappa shape index (κ2) is 5.85. The van der Waals surface area contributed by atoms with Crippen molar-refractivity contribution in [3.8, 4) is 0 Å². The van der Waals surface area contributed by atoms with E-state index in [9.17, 15) is 4.79 Å². The number of ketones is 1. The molecule has 2 rings (SSSR count). The molecule has 0 bridgehead atoms. The minimum atomic E-state index is -0.0704. The van der Waals surface area contributed by atoms with Gasteiger partial charge in [0.25, 0.3) is 0 Å². The van der Waals surface area contributed by atoms with Crippen LogP contribution in [0.2, 0.25) is 0 Å². The summed E-state index contributed by atoms with van der Waals surface area (Å²) in [7, 11) is 0. The van der Waals surface area contributed by atoms with Crippen molar-refractivity contribution in [1.82, 2.24) is 0 Å². The number of Topliss-reactive ketones (excluding diaryl/α,β-unsaturated/α-hetero) is 1. The third-order valence-corrected chi connectivity index (χ3v) is 3.59. The maximum absolute atomic E-state index is 12.2. The number of hydrogen-bond donors (Lipinski definition) is 0. The second-order valence-electron chi connectivity index (χ2n) is 4.75. The molecule has 2 atom stereocenters. The van der Waals surface area contributed by atoms with E-state index in [4.69, 9.17) is 4.74 Å². The number of ether oxygens (including phenoxy) is 1. The van der Waals surface area contributed by atoms with Gasteiger partial charge in [0.15, 0.2) is 0 Å². The molecule has 0 aromatic heterocycles. The van der Waals surface area contributed by atoms with Crippen molar-refractivity contribution in [2.75, 3.05) is 6.61 Å². The number of hydrogen-bond acceptors (Lipinski definition) is 2. The predicted octanol–water partition coefficient (Wildman–Crippen LogP) is 3.69. The van der Waals surface area contributed by atoms with Crippen molar-refractivity contribution in [2.24, 2.45) is 5.92 Å². The van der Waals surface area contributed by atoms with E-state index in [1.165, 1.54) is 0 Å². The molecular formula is C16H20O2. The fourth-order valence-corrected chi connectivity index (χ4v) is 2.76. The van der Waals surface area contributed by atoms with Crippen molar-refractivity contribution in [2.45, 2.75) is 32.1 Å². The summed E-state index contributed by atoms with van der Waals surface area (Å²) < 4.78 is 5.53. The third-order valence-electron chi connectivity index (χ3n) is 3.59. The smallest absolute Gasteiger partial charge is 0.141 e. The Labute approximate surface area is 109 Å². The first-order chi connectivity index (χ1) is 8.74. The van der Waals surface area contributed by atoms with E-state index in [1.807, 2.05) is 37.3 Å². The van der Waals surface area contributed by atoms with Crippen LogP contribution in [0.5, 0.6) is 0 Å². The van der Waals surface area contributed by atoms with Gasteiger partial charge in [0.05, 0.1) is 18.3 Å². The lowest BCUT2D eigenvalue weighted by Gasteiger charge is -2.31. The van der Waals surface area contributed by atoms with Gasteiger partial charge in [0.2, 0.25) is 0 Å². The Hall–Kier alpha value is -1.57. The Morgan fingerprint density at radius 1 is 1.39 bits per heavy atom. The molecule has 18 heavy (non-hydrogen) atoms. The highest BCUT2D eigenvalue weighted by Crippen LogP contribution is 2.39. The van der Waals surface area contributed by atoms with Crippen molar-refractivity contribution in [1.29, 1.82) is 0 Å². The predicted molar refractivity (Wildman–Crippen MR) is 72.3 cm³/mol. The molecule has 1 aliphatic carbocycles. The molecule has 0 unspecified atom stereocenters. The van der Waals surface area contributed by atoms with E-state index in [1.54, 1.807) is 0 Å². The SMILES string of the molecule is C=C(OCC)[C@H]1CCCC(=O)[C@@H]1c1ccccc1. The summed E-state index contributed by atoms with van der Waals surface area (Å²) in [6.45, 7) is 6.57. The van der Waals surface area contributed by atoms with Crippen LogP contribution < -0.4 is 0 Å². The van der Waals surface area contributed by atoms with E-state index in [0.717, 1.165) is 24.2 Å². The van der Waals surface area contributed by atoms with Crippen LogP contribution in [0.3, 0.4) is 0 Å². The van der Waals surface area contributed by atoms with Crippen LogP contribution in [0, 0.1) is 5.92 Å². The average molecular weight is 244 g/mol.